The highest BCUT2D eigenvalue weighted by Gasteiger charge is 2.20. The van der Waals surface area contributed by atoms with Crippen LogP contribution in [0.4, 0.5) is 5.69 Å². The summed E-state index contributed by atoms with van der Waals surface area (Å²) < 4.78 is 0. The van der Waals surface area contributed by atoms with Crippen LogP contribution in [-0.2, 0) is 11.2 Å². The number of nitrogens with zero attached hydrogens (tertiary/aromatic N) is 3. The van der Waals surface area contributed by atoms with Crippen LogP contribution in [0, 0.1) is 6.92 Å². The largest absolute Gasteiger partial charge is 0.395 e. The molecule has 2 heterocycles. The van der Waals surface area contributed by atoms with E-state index in [1.165, 1.54) is 0 Å². The molecule has 1 aliphatic heterocycles. The Morgan fingerprint density at radius 3 is 2.58 bits per heavy atom. The lowest BCUT2D eigenvalue weighted by atomic mass is 10.1. The normalized spacial score (nSPS) is 16.1. The molecule has 0 aliphatic carbocycles. The van der Waals surface area contributed by atoms with Gasteiger partial charge in [0.05, 0.1) is 24.4 Å². The van der Waals surface area contributed by atoms with Crippen molar-refractivity contribution in [3.05, 3.63) is 35.5 Å². The van der Waals surface area contributed by atoms with Crippen molar-refractivity contribution >= 4 is 22.5 Å². The van der Waals surface area contributed by atoms with Crippen LogP contribution in [0.2, 0.25) is 0 Å². The molecule has 2 N–H and O–H groups in total. The molecule has 0 atom stereocenters. The zero-order chi connectivity index (χ0) is 18.5. The van der Waals surface area contributed by atoms with Crippen LogP contribution < -0.4 is 5.32 Å². The predicted molar refractivity (Wildman–Crippen MR) is 104 cm³/mol. The van der Waals surface area contributed by atoms with Gasteiger partial charge < -0.3 is 10.4 Å². The van der Waals surface area contributed by atoms with Crippen molar-refractivity contribution in [1.29, 1.82) is 0 Å². The summed E-state index contributed by atoms with van der Waals surface area (Å²) in [4.78, 5) is 21.8. The summed E-state index contributed by atoms with van der Waals surface area (Å²) in [6.45, 7) is 8.90. The number of aliphatic hydroxyl groups excluding tert-OH is 1. The predicted octanol–water partition coefficient (Wildman–Crippen LogP) is 1.65. The maximum absolute atomic E-state index is 12.7. The first kappa shape index (κ1) is 18.8. The van der Waals surface area contributed by atoms with Crippen LogP contribution in [0.1, 0.15) is 18.2 Å². The van der Waals surface area contributed by atoms with E-state index >= 15 is 0 Å². The molecule has 1 saturated heterocycles. The molecule has 0 spiro atoms. The summed E-state index contributed by atoms with van der Waals surface area (Å²) >= 11 is 0. The molecule has 1 aromatic heterocycles. The van der Waals surface area contributed by atoms with Crippen LogP contribution in [0.25, 0.3) is 10.9 Å². The number of aromatic nitrogens is 1. The highest BCUT2D eigenvalue weighted by Crippen LogP contribution is 2.28. The van der Waals surface area contributed by atoms with E-state index in [-0.39, 0.29) is 12.5 Å². The fraction of sp³-hybridized carbons (Fsp3) is 0.500. The Hall–Kier alpha value is -2.02. The molecule has 3 rings (SSSR count). The van der Waals surface area contributed by atoms with Gasteiger partial charge in [0.2, 0.25) is 5.91 Å². The molecule has 26 heavy (non-hydrogen) atoms. The number of aryl methyl sites for hydroxylation is 1. The molecule has 1 aliphatic rings. The van der Waals surface area contributed by atoms with E-state index < -0.39 is 0 Å². The molecule has 0 saturated carbocycles. The number of β-amino-alcohol motifs (C(OH)–C–C–N with tert-alkyl or cyclic N) is 1. The van der Waals surface area contributed by atoms with Gasteiger partial charge in [0.1, 0.15) is 0 Å². The van der Waals surface area contributed by atoms with Crippen LogP contribution in [0.15, 0.2) is 24.3 Å². The van der Waals surface area contributed by atoms with Crippen molar-refractivity contribution in [3.8, 4) is 0 Å². The van der Waals surface area contributed by atoms with E-state index in [1.807, 2.05) is 31.2 Å². The second kappa shape index (κ2) is 8.58. The van der Waals surface area contributed by atoms with Gasteiger partial charge in [-0.3, -0.25) is 19.6 Å². The molecule has 0 radical (unpaired) electrons. The van der Waals surface area contributed by atoms with Gasteiger partial charge in [-0.15, -0.1) is 0 Å². The summed E-state index contributed by atoms with van der Waals surface area (Å²) in [7, 11) is 0. The van der Waals surface area contributed by atoms with Crippen molar-refractivity contribution in [2.75, 3.05) is 51.2 Å². The van der Waals surface area contributed by atoms with Crippen molar-refractivity contribution in [3.63, 3.8) is 0 Å². The number of hydrogen-bond acceptors (Lipinski definition) is 5. The number of carbonyl (C=O) groups excluding carboxylic acids is 1. The van der Waals surface area contributed by atoms with E-state index in [1.54, 1.807) is 0 Å². The fourth-order valence-electron chi connectivity index (χ4n) is 3.56. The van der Waals surface area contributed by atoms with Gasteiger partial charge in [-0.25, -0.2) is 0 Å². The maximum atomic E-state index is 12.7. The van der Waals surface area contributed by atoms with Crippen LogP contribution in [0.5, 0.6) is 0 Å². The molecule has 1 fully saturated rings. The Kier molecular flexibility index (Phi) is 6.19. The molecule has 1 amide bonds. The SMILES string of the molecule is CCc1nc2ccccc2c(NC(=O)CN2CCN(CCO)CC2)c1C. The molecule has 1 aromatic carbocycles. The number of hydrogen-bond donors (Lipinski definition) is 2. The minimum Gasteiger partial charge on any atom is -0.395 e. The second-order valence-corrected chi connectivity index (χ2v) is 6.82. The number of amides is 1. The van der Waals surface area contributed by atoms with E-state index in [0.29, 0.717) is 13.1 Å². The molecule has 6 heteroatoms. The Balaban J connectivity index is 1.71. The molecule has 140 valence electrons. The summed E-state index contributed by atoms with van der Waals surface area (Å²) in [6, 6.07) is 7.95. The number of para-hydroxylation sites is 1. The monoisotopic (exact) mass is 356 g/mol. The lowest BCUT2D eigenvalue weighted by Gasteiger charge is -2.33. The quantitative estimate of drug-likeness (QED) is 0.824. The topological polar surface area (TPSA) is 68.7 Å². The van der Waals surface area contributed by atoms with E-state index in [9.17, 15) is 4.79 Å². The third-order valence-corrected chi connectivity index (χ3v) is 5.08. The average molecular weight is 356 g/mol. The summed E-state index contributed by atoms with van der Waals surface area (Å²) in [5, 5.41) is 13.2. The van der Waals surface area contributed by atoms with Gasteiger partial charge in [-0.2, -0.15) is 0 Å². The number of benzene rings is 1. The number of piperazine rings is 1. The summed E-state index contributed by atoms with van der Waals surface area (Å²) in [5.41, 5.74) is 3.88. The van der Waals surface area contributed by atoms with Crippen LogP contribution in [0.3, 0.4) is 0 Å². The highest BCUT2D eigenvalue weighted by atomic mass is 16.3. The van der Waals surface area contributed by atoms with Crippen molar-refractivity contribution in [1.82, 2.24) is 14.8 Å². The van der Waals surface area contributed by atoms with Crippen molar-refractivity contribution in [2.24, 2.45) is 0 Å². The number of pyridine rings is 1. The first-order valence-electron chi connectivity index (χ1n) is 9.36. The third-order valence-electron chi connectivity index (χ3n) is 5.08. The standard InChI is InChI=1S/C20H28N4O2/c1-3-17-15(2)20(16-6-4-5-7-18(16)21-17)22-19(26)14-24-10-8-23(9-11-24)12-13-25/h4-7,25H,3,8-14H2,1-2H3,(H,21,22,26). The number of rotatable bonds is 6. The van der Waals surface area contributed by atoms with Crippen LogP contribution in [-0.4, -0.2) is 71.7 Å². The molecular weight excluding hydrogens is 328 g/mol. The minimum absolute atomic E-state index is 0.0158. The van der Waals surface area contributed by atoms with Gasteiger partial charge in [-0.1, -0.05) is 25.1 Å². The second-order valence-electron chi connectivity index (χ2n) is 6.82. The molecule has 6 nitrogen and oxygen atoms in total. The van der Waals surface area contributed by atoms with E-state index in [4.69, 9.17) is 10.1 Å². The lowest BCUT2D eigenvalue weighted by Crippen LogP contribution is -2.49. The van der Waals surface area contributed by atoms with Gasteiger partial charge in [0.25, 0.3) is 0 Å². The summed E-state index contributed by atoms with van der Waals surface area (Å²) in [5.74, 6) is 0.0158. The first-order chi connectivity index (χ1) is 12.6. The molecule has 0 unspecified atom stereocenters. The average Bonchev–Trinajstić information content (AvgIpc) is 2.65. The van der Waals surface area contributed by atoms with Crippen LogP contribution >= 0.6 is 0 Å². The number of anilines is 1. The van der Waals surface area contributed by atoms with Gasteiger partial charge >= 0.3 is 0 Å². The van der Waals surface area contributed by atoms with Gasteiger partial charge in [0, 0.05) is 43.8 Å². The molecule has 2 aromatic rings. The van der Waals surface area contributed by atoms with Gasteiger partial charge in [0.15, 0.2) is 0 Å². The molecular formula is C20H28N4O2. The zero-order valence-electron chi connectivity index (χ0n) is 15.7. The van der Waals surface area contributed by atoms with Crippen molar-refractivity contribution in [2.45, 2.75) is 20.3 Å². The van der Waals surface area contributed by atoms with E-state index in [2.05, 4.69) is 22.0 Å². The Morgan fingerprint density at radius 2 is 1.88 bits per heavy atom. The smallest absolute Gasteiger partial charge is 0.238 e. The fourth-order valence-corrected chi connectivity index (χ4v) is 3.56. The van der Waals surface area contributed by atoms with Crippen molar-refractivity contribution < 1.29 is 9.90 Å². The zero-order valence-corrected chi connectivity index (χ0v) is 15.7. The number of carbonyl (C=O) groups is 1. The Bertz CT molecular complexity index is 770. The lowest BCUT2D eigenvalue weighted by molar-refractivity contribution is -0.117. The maximum Gasteiger partial charge on any atom is 0.238 e. The van der Waals surface area contributed by atoms with Gasteiger partial charge in [-0.05, 0) is 25.0 Å². The highest BCUT2D eigenvalue weighted by molar-refractivity contribution is 6.03. The Labute approximate surface area is 154 Å². The minimum atomic E-state index is 0.0158. The van der Waals surface area contributed by atoms with E-state index in [0.717, 1.165) is 60.4 Å². The Morgan fingerprint density at radius 1 is 1.19 bits per heavy atom. The first-order valence-corrected chi connectivity index (χ1v) is 9.36. The molecule has 0 bridgehead atoms. The number of fused-ring (bicyclic) bond motifs is 1. The third kappa shape index (κ3) is 4.20. The number of nitrogens with one attached hydrogen (secondary N) is 1. The summed E-state index contributed by atoms with van der Waals surface area (Å²) in [6.07, 6.45) is 0.840. The number of aliphatic hydroxyl groups is 1.